The van der Waals surface area contributed by atoms with E-state index in [4.69, 9.17) is 4.74 Å². The third kappa shape index (κ3) is 3.39. The molecule has 1 aliphatic heterocycles. The molecule has 0 spiro atoms. The van der Waals surface area contributed by atoms with E-state index in [0.717, 1.165) is 21.2 Å². The molecule has 0 unspecified atom stereocenters. The minimum Gasteiger partial charge on any atom is -0.497 e. The van der Waals surface area contributed by atoms with Crippen molar-refractivity contribution in [1.29, 1.82) is 0 Å². The van der Waals surface area contributed by atoms with Crippen molar-refractivity contribution >= 4 is 35.1 Å². The number of ether oxygens (including phenoxy) is 1. The van der Waals surface area contributed by atoms with Crippen molar-refractivity contribution in [2.45, 2.75) is 9.79 Å². The van der Waals surface area contributed by atoms with Gasteiger partial charge < -0.3 is 4.74 Å². The second-order valence-corrected chi connectivity index (χ2v) is 7.07. The number of hydrazine groups is 1. The summed E-state index contributed by atoms with van der Waals surface area (Å²) in [6.07, 6.45) is 0. The van der Waals surface area contributed by atoms with Crippen LogP contribution in [0.25, 0.3) is 0 Å². The fourth-order valence-electron chi connectivity index (χ4n) is 2.90. The molecule has 0 bridgehead atoms. The highest BCUT2D eigenvalue weighted by molar-refractivity contribution is 7.99. The van der Waals surface area contributed by atoms with Gasteiger partial charge >= 0.3 is 6.03 Å². The van der Waals surface area contributed by atoms with Crippen molar-refractivity contribution in [2.75, 3.05) is 12.0 Å². The van der Waals surface area contributed by atoms with E-state index in [0.29, 0.717) is 11.3 Å². The zero-order valence-electron chi connectivity index (χ0n) is 15.0. The molecule has 0 fully saturated rings. The Bertz CT molecular complexity index is 992. The first-order valence-corrected chi connectivity index (χ1v) is 9.39. The number of carbonyl (C=O) groups is 2. The number of amides is 3. The third-order valence-corrected chi connectivity index (χ3v) is 5.40. The zero-order valence-corrected chi connectivity index (χ0v) is 15.8. The summed E-state index contributed by atoms with van der Waals surface area (Å²) in [5.41, 5.74) is 6.92. The number of benzene rings is 3. The van der Waals surface area contributed by atoms with Crippen LogP contribution in [0, 0.1) is 0 Å². The molecule has 0 radical (unpaired) electrons. The molecule has 0 saturated heterocycles. The predicted octanol–water partition coefficient (Wildman–Crippen LogP) is 4.35. The van der Waals surface area contributed by atoms with E-state index in [9.17, 15) is 9.59 Å². The standard InChI is InChI=1S/C21H17N3O3S/c1-27-15-12-10-14(11-13-15)20(25)22-23-21(26)24-16-6-2-4-8-18(16)28-19-9-5-3-7-17(19)24/h2-13H,1H3,(H,22,25)(H,23,26). The first-order chi connectivity index (χ1) is 13.7. The Hall–Kier alpha value is -3.45. The third-order valence-electron chi connectivity index (χ3n) is 4.27. The Balaban J connectivity index is 1.54. The molecule has 3 amide bonds. The van der Waals surface area contributed by atoms with Gasteiger partial charge in [0.2, 0.25) is 0 Å². The fourth-order valence-corrected chi connectivity index (χ4v) is 3.96. The van der Waals surface area contributed by atoms with E-state index in [2.05, 4.69) is 10.9 Å². The van der Waals surface area contributed by atoms with Crippen molar-refractivity contribution < 1.29 is 14.3 Å². The van der Waals surface area contributed by atoms with E-state index in [-0.39, 0.29) is 0 Å². The van der Waals surface area contributed by atoms with Gasteiger partial charge in [-0.1, -0.05) is 36.0 Å². The lowest BCUT2D eigenvalue weighted by atomic mass is 10.2. The molecule has 1 heterocycles. The van der Waals surface area contributed by atoms with Crippen molar-refractivity contribution in [2.24, 2.45) is 0 Å². The second-order valence-electron chi connectivity index (χ2n) is 5.99. The van der Waals surface area contributed by atoms with Crippen LogP contribution < -0.4 is 20.5 Å². The molecular formula is C21H17N3O3S. The van der Waals surface area contributed by atoms with E-state index in [1.54, 1.807) is 48.0 Å². The van der Waals surface area contributed by atoms with Crippen LogP contribution in [0.1, 0.15) is 10.4 Å². The monoisotopic (exact) mass is 391 g/mol. The van der Waals surface area contributed by atoms with Crippen molar-refractivity contribution in [3.63, 3.8) is 0 Å². The molecular weight excluding hydrogens is 374 g/mol. The normalized spacial score (nSPS) is 11.8. The van der Waals surface area contributed by atoms with Crippen LogP contribution in [-0.4, -0.2) is 19.0 Å². The zero-order chi connectivity index (χ0) is 19.5. The number of hydrogen-bond acceptors (Lipinski definition) is 4. The van der Waals surface area contributed by atoms with Crippen LogP contribution in [-0.2, 0) is 0 Å². The quantitative estimate of drug-likeness (QED) is 0.637. The summed E-state index contributed by atoms with van der Waals surface area (Å²) in [5.74, 6) is 0.239. The second kappa shape index (κ2) is 7.66. The van der Waals surface area contributed by atoms with Gasteiger partial charge in [-0.05, 0) is 48.5 Å². The summed E-state index contributed by atoms with van der Waals surface area (Å²) in [6, 6.07) is 21.5. The Kier molecular flexibility index (Phi) is 4.90. The van der Waals surface area contributed by atoms with Crippen molar-refractivity contribution in [1.82, 2.24) is 10.9 Å². The van der Waals surface area contributed by atoms with Gasteiger partial charge in [-0.2, -0.15) is 0 Å². The topological polar surface area (TPSA) is 70.7 Å². The highest BCUT2D eigenvalue weighted by Crippen LogP contribution is 2.47. The number of nitrogens with zero attached hydrogens (tertiary/aromatic N) is 1. The first-order valence-electron chi connectivity index (χ1n) is 8.58. The lowest BCUT2D eigenvalue weighted by Crippen LogP contribution is -2.48. The molecule has 7 heteroatoms. The van der Waals surface area contributed by atoms with E-state index in [1.807, 2.05) is 48.5 Å². The maximum absolute atomic E-state index is 12.9. The SMILES string of the molecule is COc1ccc(C(=O)NNC(=O)N2c3ccccc3Sc3ccccc32)cc1. The maximum atomic E-state index is 12.9. The minimum atomic E-state index is -0.443. The molecule has 2 N–H and O–H groups in total. The molecule has 3 aromatic carbocycles. The molecule has 4 rings (SSSR count). The molecule has 1 aliphatic rings. The Morgan fingerprint density at radius 3 is 1.96 bits per heavy atom. The summed E-state index contributed by atoms with van der Waals surface area (Å²) in [4.78, 5) is 28.8. The van der Waals surface area contributed by atoms with Crippen molar-refractivity contribution in [3.8, 4) is 5.75 Å². The summed E-state index contributed by atoms with van der Waals surface area (Å²) in [7, 11) is 1.56. The van der Waals surface area contributed by atoms with Crippen LogP contribution >= 0.6 is 11.8 Å². The Morgan fingerprint density at radius 2 is 1.39 bits per heavy atom. The van der Waals surface area contributed by atoms with Crippen LogP contribution in [0.3, 0.4) is 0 Å². The van der Waals surface area contributed by atoms with Gasteiger partial charge in [-0.25, -0.2) is 10.2 Å². The number of fused-ring (bicyclic) bond motifs is 2. The van der Waals surface area contributed by atoms with Gasteiger partial charge in [0.1, 0.15) is 5.75 Å². The molecule has 0 saturated carbocycles. The summed E-state index contributed by atoms with van der Waals surface area (Å²) < 4.78 is 5.08. The lowest BCUT2D eigenvalue weighted by molar-refractivity contribution is 0.0937. The Morgan fingerprint density at radius 1 is 0.821 bits per heavy atom. The maximum Gasteiger partial charge on any atom is 0.345 e. The fraction of sp³-hybridized carbons (Fsp3) is 0.0476. The number of methoxy groups -OCH3 is 1. The predicted molar refractivity (Wildman–Crippen MR) is 108 cm³/mol. The first kappa shape index (κ1) is 17.9. The van der Waals surface area contributed by atoms with Crippen LogP contribution in [0.4, 0.5) is 16.2 Å². The van der Waals surface area contributed by atoms with Gasteiger partial charge in [0.05, 0.1) is 18.5 Å². The summed E-state index contributed by atoms with van der Waals surface area (Å²) in [6.45, 7) is 0. The number of carbonyl (C=O) groups excluding carboxylic acids is 2. The summed E-state index contributed by atoms with van der Waals surface area (Å²) >= 11 is 1.61. The molecule has 0 atom stereocenters. The molecule has 6 nitrogen and oxygen atoms in total. The van der Waals surface area contributed by atoms with E-state index in [1.165, 1.54) is 0 Å². The van der Waals surface area contributed by atoms with Crippen LogP contribution in [0.15, 0.2) is 82.6 Å². The number of anilines is 2. The van der Waals surface area contributed by atoms with Gasteiger partial charge in [0.25, 0.3) is 5.91 Å². The molecule has 28 heavy (non-hydrogen) atoms. The minimum absolute atomic E-state index is 0.413. The van der Waals surface area contributed by atoms with Gasteiger partial charge in [0, 0.05) is 15.4 Å². The average Bonchev–Trinajstić information content (AvgIpc) is 2.75. The van der Waals surface area contributed by atoms with Crippen molar-refractivity contribution in [3.05, 3.63) is 78.4 Å². The lowest BCUT2D eigenvalue weighted by Gasteiger charge is -2.30. The smallest absolute Gasteiger partial charge is 0.345 e. The number of hydrogen-bond donors (Lipinski definition) is 2. The molecule has 3 aromatic rings. The van der Waals surface area contributed by atoms with Gasteiger partial charge in [-0.15, -0.1) is 0 Å². The molecule has 0 aromatic heterocycles. The highest BCUT2D eigenvalue weighted by atomic mass is 32.2. The molecule has 140 valence electrons. The van der Waals surface area contributed by atoms with Crippen LogP contribution in [0.5, 0.6) is 5.75 Å². The number of urea groups is 1. The number of rotatable bonds is 2. The average molecular weight is 391 g/mol. The van der Waals surface area contributed by atoms with Gasteiger partial charge in [-0.3, -0.25) is 15.1 Å². The number of nitrogens with one attached hydrogen (secondary N) is 2. The molecule has 0 aliphatic carbocycles. The number of para-hydroxylation sites is 2. The Labute approximate surface area is 166 Å². The van der Waals surface area contributed by atoms with Crippen LogP contribution in [0.2, 0.25) is 0 Å². The highest BCUT2D eigenvalue weighted by Gasteiger charge is 2.28. The van der Waals surface area contributed by atoms with E-state index < -0.39 is 11.9 Å². The largest absolute Gasteiger partial charge is 0.497 e. The summed E-state index contributed by atoms with van der Waals surface area (Å²) in [5, 5.41) is 0. The van der Waals surface area contributed by atoms with Gasteiger partial charge in [0.15, 0.2) is 0 Å². The van der Waals surface area contributed by atoms with E-state index >= 15 is 0 Å².